The van der Waals surface area contributed by atoms with E-state index in [1.807, 2.05) is 0 Å². The van der Waals surface area contributed by atoms with E-state index in [2.05, 4.69) is 15.3 Å². The largest absolute Gasteiger partial charge is 0.464 e. The van der Waals surface area contributed by atoms with Gasteiger partial charge in [-0.1, -0.05) is 30.2 Å². The predicted octanol–water partition coefficient (Wildman–Crippen LogP) is 1.58. The summed E-state index contributed by atoms with van der Waals surface area (Å²) >= 11 is 1.33. The van der Waals surface area contributed by atoms with Crippen LogP contribution in [0.2, 0.25) is 0 Å². The van der Waals surface area contributed by atoms with Gasteiger partial charge in [-0.15, -0.1) is 0 Å². The number of aliphatic hydroxyl groups is 1. The highest BCUT2D eigenvalue weighted by Gasteiger charge is 2.55. The normalized spacial score (nSPS) is 20.6. The third kappa shape index (κ3) is 4.23. The van der Waals surface area contributed by atoms with Crippen LogP contribution in [0.15, 0.2) is 29.4 Å². The summed E-state index contributed by atoms with van der Waals surface area (Å²) < 4.78 is 4.97. The molecule has 2 rings (SSSR count). The van der Waals surface area contributed by atoms with Gasteiger partial charge in [0.15, 0.2) is 5.60 Å². The lowest BCUT2D eigenvalue weighted by molar-refractivity contribution is -0.149. The minimum Gasteiger partial charge on any atom is -0.464 e. The Morgan fingerprint density at radius 1 is 1.43 bits per heavy atom. The number of carbonyl (C=O) groups excluding carboxylic acids is 3. The van der Waals surface area contributed by atoms with Gasteiger partial charge in [-0.3, -0.25) is 9.59 Å². The Kier molecular flexibility index (Phi) is 7.71. The molecule has 0 spiro atoms. The van der Waals surface area contributed by atoms with E-state index in [0.717, 1.165) is 0 Å². The molecule has 0 aliphatic carbocycles. The number of benzene rings is 1. The first-order valence-corrected chi connectivity index (χ1v) is 10.7. The number of esters is 1. The molecule has 1 aliphatic rings. The molecule has 0 aromatic heterocycles. The lowest BCUT2D eigenvalue weighted by Crippen LogP contribution is -2.54. The number of ether oxygens (including phenoxy) is 1. The first kappa shape index (κ1) is 23.5. The molecule has 0 fully saturated rings. The standard InChI is InChI=1S/C19H25N5O5S/c1-5-29-17(26)13(10-30-4)21-16(25)15(22-23-20)11(2)19(28)12-8-6-7-9-14(12)24(3)18(19)27/h6-9,11,13,15,28H,5,10H2,1-4H3,(H,21,25)/t11-,13+,15+,19-/m1/s1. The fourth-order valence-electron chi connectivity index (χ4n) is 3.51. The first-order valence-electron chi connectivity index (χ1n) is 9.34. The third-order valence-electron chi connectivity index (χ3n) is 5.10. The number of azide groups is 1. The zero-order valence-corrected chi connectivity index (χ0v) is 18.0. The minimum atomic E-state index is -2.07. The molecule has 2 amide bonds. The maximum Gasteiger partial charge on any atom is 0.329 e. The van der Waals surface area contributed by atoms with Crippen molar-refractivity contribution in [3.8, 4) is 0 Å². The molecule has 10 nitrogen and oxygen atoms in total. The number of rotatable bonds is 9. The fourth-order valence-corrected chi connectivity index (χ4v) is 4.06. The van der Waals surface area contributed by atoms with Gasteiger partial charge in [-0.2, -0.15) is 11.8 Å². The number of likely N-dealkylation sites (N-methyl/N-ethyl adjacent to an activating group) is 1. The molecule has 0 radical (unpaired) electrons. The Labute approximate surface area is 178 Å². The minimum absolute atomic E-state index is 0.146. The van der Waals surface area contributed by atoms with Crippen LogP contribution in [-0.2, 0) is 24.7 Å². The van der Waals surface area contributed by atoms with E-state index in [4.69, 9.17) is 10.3 Å². The Bertz CT molecular complexity index is 875. The summed E-state index contributed by atoms with van der Waals surface area (Å²) in [6.45, 7) is 3.25. The van der Waals surface area contributed by atoms with Crippen LogP contribution in [0.5, 0.6) is 0 Å². The molecule has 1 aromatic carbocycles. The summed E-state index contributed by atoms with van der Waals surface area (Å²) in [5, 5.41) is 17.4. The summed E-state index contributed by atoms with van der Waals surface area (Å²) in [6.07, 6.45) is 1.76. The fraction of sp³-hybridized carbons (Fsp3) is 0.526. The predicted molar refractivity (Wildman–Crippen MR) is 113 cm³/mol. The van der Waals surface area contributed by atoms with Gasteiger partial charge in [-0.05, 0) is 24.8 Å². The molecule has 4 atom stereocenters. The molecule has 2 N–H and O–H groups in total. The summed E-state index contributed by atoms with van der Waals surface area (Å²) in [5.74, 6) is -2.89. The van der Waals surface area contributed by atoms with E-state index in [0.29, 0.717) is 11.3 Å². The van der Waals surface area contributed by atoms with Gasteiger partial charge in [0.2, 0.25) is 5.91 Å². The van der Waals surface area contributed by atoms with Crippen molar-refractivity contribution < 1.29 is 24.2 Å². The van der Waals surface area contributed by atoms with Crippen molar-refractivity contribution in [1.82, 2.24) is 5.32 Å². The number of anilines is 1. The topological polar surface area (TPSA) is 145 Å². The number of nitrogens with one attached hydrogen (secondary N) is 1. The third-order valence-corrected chi connectivity index (χ3v) is 5.77. The summed E-state index contributed by atoms with van der Waals surface area (Å²) in [5.41, 5.74) is 7.77. The van der Waals surface area contributed by atoms with Crippen molar-refractivity contribution >= 4 is 35.2 Å². The second-order valence-electron chi connectivity index (χ2n) is 6.85. The number of hydrogen-bond donors (Lipinski definition) is 2. The SMILES string of the molecule is CCOC(=O)[C@H](CSC)NC(=O)[C@@H](N=[N+]=[N-])[C@@H](C)[C@]1(O)C(=O)N(C)c2ccccc21. The molecule has 11 heteroatoms. The Morgan fingerprint density at radius 2 is 2.10 bits per heavy atom. The zero-order valence-electron chi connectivity index (χ0n) is 17.2. The quantitative estimate of drug-likeness (QED) is 0.261. The molecule has 30 heavy (non-hydrogen) atoms. The number of amides is 2. The lowest BCUT2D eigenvalue weighted by Gasteiger charge is -2.32. The van der Waals surface area contributed by atoms with Crippen molar-refractivity contribution in [3.63, 3.8) is 0 Å². The molecule has 0 unspecified atom stereocenters. The van der Waals surface area contributed by atoms with E-state index in [1.54, 1.807) is 37.4 Å². The second-order valence-corrected chi connectivity index (χ2v) is 7.77. The maximum absolute atomic E-state index is 12.9. The zero-order chi connectivity index (χ0) is 22.5. The van der Waals surface area contributed by atoms with Crippen LogP contribution < -0.4 is 10.2 Å². The number of carbonyl (C=O) groups is 3. The van der Waals surface area contributed by atoms with Crippen LogP contribution in [0.3, 0.4) is 0 Å². The Hall–Kier alpha value is -2.75. The van der Waals surface area contributed by atoms with Gasteiger partial charge in [0.05, 0.1) is 12.3 Å². The highest BCUT2D eigenvalue weighted by Crippen LogP contribution is 2.45. The number of para-hydroxylation sites is 1. The average molecular weight is 436 g/mol. The Balaban J connectivity index is 2.37. The van der Waals surface area contributed by atoms with Crippen molar-refractivity contribution in [2.75, 3.05) is 30.6 Å². The lowest BCUT2D eigenvalue weighted by atomic mass is 9.79. The van der Waals surface area contributed by atoms with Gasteiger partial charge in [0.1, 0.15) is 12.1 Å². The molecule has 1 aromatic rings. The van der Waals surface area contributed by atoms with Crippen molar-refractivity contribution in [3.05, 3.63) is 40.3 Å². The van der Waals surface area contributed by atoms with Gasteiger partial charge in [-0.25, -0.2) is 4.79 Å². The van der Waals surface area contributed by atoms with Crippen LogP contribution in [0.1, 0.15) is 19.4 Å². The molecular weight excluding hydrogens is 410 g/mol. The van der Waals surface area contributed by atoms with E-state index in [9.17, 15) is 19.5 Å². The maximum atomic E-state index is 12.9. The molecule has 1 aliphatic heterocycles. The van der Waals surface area contributed by atoms with Gasteiger partial charge in [0, 0.05) is 29.2 Å². The van der Waals surface area contributed by atoms with Crippen LogP contribution in [-0.4, -0.2) is 60.6 Å². The summed E-state index contributed by atoms with van der Waals surface area (Å²) in [7, 11) is 1.52. The van der Waals surface area contributed by atoms with E-state index in [-0.39, 0.29) is 12.4 Å². The molecule has 0 bridgehead atoms. The number of fused-ring (bicyclic) bond motifs is 1. The molecule has 162 valence electrons. The van der Waals surface area contributed by atoms with E-state index < -0.39 is 41.4 Å². The van der Waals surface area contributed by atoms with Crippen molar-refractivity contribution in [2.45, 2.75) is 31.5 Å². The average Bonchev–Trinajstić information content (AvgIpc) is 2.93. The van der Waals surface area contributed by atoms with Crippen LogP contribution in [0.4, 0.5) is 5.69 Å². The number of hydrogen-bond acceptors (Lipinski definition) is 7. The van der Waals surface area contributed by atoms with Crippen LogP contribution >= 0.6 is 11.8 Å². The molecule has 0 saturated carbocycles. The second kappa shape index (κ2) is 9.84. The van der Waals surface area contributed by atoms with E-state index in [1.165, 1.54) is 30.6 Å². The molecule has 1 heterocycles. The van der Waals surface area contributed by atoms with Crippen molar-refractivity contribution in [1.29, 1.82) is 0 Å². The molecular formula is C19H25N5O5S. The number of thioether (sulfide) groups is 1. The van der Waals surface area contributed by atoms with Gasteiger partial charge < -0.3 is 20.1 Å². The van der Waals surface area contributed by atoms with Crippen LogP contribution in [0, 0.1) is 5.92 Å². The van der Waals surface area contributed by atoms with E-state index >= 15 is 0 Å². The highest BCUT2D eigenvalue weighted by molar-refractivity contribution is 7.98. The first-order chi connectivity index (χ1) is 14.2. The van der Waals surface area contributed by atoms with Gasteiger partial charge >= 0.3 is 5.97 Å². The monoisotopic (exact) mass is 435 g/mol. The van der Waals surface area contributed by atoms with Crippen LogP contribution in [0.25, 0.3) is 10.4 Å². The Morgan fingerprint density at radius 3 is 2.70 bits per heavy atom. The summed E-state index contributed by atoms with van der Waals surface area (Å²) in [6, 6.07) is 4.26. The number of nitrogens with zero attached hydrogens (tertiary/aromatic N) is 4. The van der Waals surface area contributed by atoms with Gasteiger partial charge in [0.25, 0.3) is 5.91 Å². The summed E-state index contributed by atoms with van der Waals surface area (Å²) in [4.78, 5) is 42.0. The van der Waals surface area contributed by atoms with Crippen molar-refractivity contribution in [2.24, 2.45) is 11.0 Å². The smallest absolute Gasteiger partial charge is 0.329 e. The highest BCUT2D eigenvalue weighted by atomic mass is 32.2. The molecule has 0 saturated heterocycles.